The Morgan fingerprint density at radius 1 is 0.902 bits per heavy atom. The van der Waals surface area contributed by atoms with Gasteiger partial charge >= 0.3 is 246 Å². The molecule has 1 N–H and O–H groups in total. The molecule has 2 heterocycles. The van der Waals surface area contributed by atoms with E-state index < -0.39 is 72.1 Å². The average molecular weight is 685 g/mol. The van der Waals surface area contributed by atoms with Crippen molar-refractivity contribution in [3.63, 3.8) is 0 Å². The predicted octanol–water partition coefficient (Wildman–Crippen LogP) is 4.26. The Morgan fingerprint density at radius 2 is 1.44 bits per heavy atom. The monoisotopic (exact) mass is 686 g/mol. The summed E-state index contributed by atoms with van der Waals surface area (Å²) in [5.41, 5.74) is -1.02. The molecular formula is C29H46N2O9Sn. The second-order valence-corrected chi connectivity index (χ2v) is 23.8. The summed E-state index contributed by atoms with van der Waals surface area (Å²) in [6, 6.07) is 0. The number of aromatic nitrogens is 2. The van der Waals surface area contributed by atoms with Crippen molar-refractivity contribution >= 4 is 42.4 Å². The number of ether oxygens (including phenoxy) is 4. The molecule has 4 atom stereocenters. The number of carbonyl (C=O) groups is 3. The van der Waals surface area contributed by atoms with Gasteiger partial charge in [0.15, 0.2) is 0 Å². The van der Waals surface area contributed by atoms with Crippen LogP contribution in [0.15, 0.2) is 19.9 Å². The molecule has 0 spiro atoms. The zero-order valence-electron chi connectivity index (χ0n) is 25.2. The third-order valence-electron chi connectivity index (χ3n) is 7.31. The molecule has 0 saturated carbocycles. The first-order valence-corrected chi connectivity index (χ1v) is 22.3. The quantitative estimate of drug-likeness (QED) is 0.153. The van der Waals surface area contributed by atoms with Gasteiger partial charge in [0.1, 0.15) is 0 Å². The minimum absolute atomic E-state index is 0.285. The molecule has 0 radical (unpaired) electrons. The number of hydrogen-bond donors (Lipinski definition) is 1. The summed E-state index contributed by atoms with van der Waals surface area (Å²) >= 11 is -2.76. The first-order valence-electron chi connectivity index (χ1n) is 14.6. The normalized spacial score (nSPS) is 20.7. The number of unbranched alkanes of at least 4 members (excludes halogenated alkanes) is 3. The van der Waals surface area contributed by atoms with Crippen LogP contribution in [0.3, 0.4) is 0 Å². The second-order valence-electron chi connectivity index (χ2n) is 10.8. The van der Waals surface area contributed by atoms with Gasteiger partial charge in [-0.25, -0.2) is 0 Å². The fraction of sp³-hybridized carbons (Fsp3) is 0.690. The van der Waals surface area contributed by atoms with Crippen LogP contribution in [-0.4, -0.2) is 70.8 Å². The van der Waals surface area contributed by atoms with Crippen LogP contribution in [-0.2, 0) is 33.3 Å². The average Bonchev–Trinajstić information content (AvgIpc) is 3.22. The zero-order valence-corrected chi connectivity index (χ0v) is 28.1. The number of aromatic amines is 1. The molecule has 1 fully saturated rings. The van der Waals surface area contributed by atoms with Crippen molar-refractivity contribution < 1.29 is 33.3 Å². The Hall–Kier alpha value is -2.41. The summed E-state index contributed by atoms with van der Waals surface area (Å²) in [7, 11) is 0. The van der Waals surface area contributed by atoms with Crippen molar-refractivity contribution in [2.45, 2.75) is 118 Å². The van der Waals surface area contributed by atoms with Crippen LogP contribution >= 0.6 is 0 Å². The van der Waals surface area contributed by atoms with E-state index in [0.29, 0.717) is 0 Å². The number of rotatable bonds is 16. The van der Waals surface area contributed by atoms with Gasteiger partial charge in [0.25, 0.3) is 0 Å². The third-order valence-corrected chi connectivity index (χ3v) is 21.4. The Balaban J connectivity index is 2.57. The van der Waals surface area contributed by atoms with Crippen molar-refractivity contribution in [2.24, 2.45) is 0 Å². The first-order chi connectivity index (χ1) is 19.5. The fourth-order valence-electron chi connectivity index (χ4n) is 5.20. The van der Waals surface area contributed by atoms with E-state index in [2.05, 4.69) is 29.8 Å². The van der Waals surface area contributed by atoms with Gasteiger partial charge in [-0.2, -0.15) is 0 Å². The standard InChI is InChI=1S/C17H19N2O9.3C4H9.Sn/c1-5-11-6-19(17(24)18-15(11)23)16-14(27-10(4)22)13(26-9(3)21)12(28-16)7-25-8(2)20;3*1-3-4-2;/h1,5-6,12-14,16H,7H2,2-4H3,(H,18,23,24);3*1,3-4H2,2H3;/t12-,13?,14?,16-;;;;/m1..../s1. The molecule has 41 heavy (non-hydrogen) atoms. The van der Waals surface area contributed by atoms with E-state index in [1.54, 1.807) is 0 Å². The zero-order chi connectivity index (χ0) is 30.6. The van der Waals surface area contributed by atoms with Gasteiger partial charge in [0, 0.05) is 0 Å². The van der Waals surface area contributed by atoms with Crippen LogP contribution in [0.2, 0.25) is 13.3 Å². The van der Waals surface area contributed by atoms with Crippen LogP contribution in [0.5, 0.6) is 0 Å². The van der Waals surface area contributed by atoms with Gasteiger partial charge in [-0.3, -0.25) is 0 Å². The van der Waals surface area contributed by atoms with Crippen molar-refractivity contribution in [3.8, 4) is 0 Å². The Labute approximate surface area is 245 Å². The molecule has 0 aliphatic carbocycles. The van der Waals surface area contributed by atoms with Crippen molar-refractivity contribution in [3.05, 3.63) is 36.7 Å². The fourth-order valence-corrected chi connectivity index (χ4v) is 19.3. The van der Waals surface area contributed by atoms with Crippen LogP contribution in [0.25, 0.3) is 6.08 Å². The topological polar surface area (TPSA) is 143 Å². The Morgan fingerprint density at radius 3 is 1.93 bits per heavy atom. The number of nitrogens with zero attached hydrogens (tertiary/aromatic N) is 1. The number of esters is 3. The van der Waals surface area contributed by atoms with E-state index in [0.717, 1.165) is 43.1 Å². The number of H-pyrrole nitrogens is 1. The van der Waals surface area contributed by atoms with Gasteiger partial charge in [0.2, 0.25) is 0 Å². The van der Waals surface area contributed by atoms with Gasteiger partial charge in [-0.15, -0.1) is 0 Å². The maximum absolute atomic E-state index is 13.0. The molecule has 230 valence electrons. The van der Waals surface area contributed by atoms with E-state index in [4.69, 9.17) is 18.9 Å². The molecule has 0 bridgehead atoms. The Bertz CT molecular complexity index is 1150. The van der Waals surface area contributed by atoms with Crippen molar-refractivity contribution in [1.82, 2.24) is 9.55 Å². The maximum atomic E-state index is 13.0. The van der Waals surface area contributed by atoms with E-state index in [9.17, 15) is 24.0 Å². The minimum atomic E-state index is -2.76. The number of nitrogens with one attached hydrogen (secondary N) is 1. The molecule has 1 aliphatic heterocycles. The summed E-state index contributed by atoms with van der Waals surface area (Å²) in [6.45, 7) is 9.87. The van der Waals surface area contributed by atoms with Gasteiger partial charge in [0.05, 0.1) is 0 Å². The van der Waals surface area contributed by atoms with E-state index in [1.165, 1.54) is 40.3 Å². The predicted molar refractivity (Wildman–Crippen MR) is 157 cm³/mol. The van der Waals surface area contributed by atoms with Gasteiger partial charge < -0.3 is 0 Å². The van der Waals surface area contributed by atoms with Gasteiger partial charge in [-0.05, 0) is 0 Å². The molecule has 1 aromatic heterocycles. The molecule has 0 aromatic carbocycles. The number of carbonyl (C=O) groups excluding carboxylic acids is 3. The molecular weight excluding hydrogens is 639 g/mol. The van der Waals surface area contributed by atoms with Gasteiger partial charge in [-0.1, -0.05) is 0 Å². The third kappa shape index (κ3) is 10.4. The van der Waals surface area contributed by atoms with E-state index in [-0.39, 0.29) is 12.2 Å². The molecule has 1 aliphatic rings. The summed E-state index contributed by atoms with van der Waals surface area (Å²) in [5, 5.41) is 0. The van der Waals surface area contributed by atoms with E-state index in [1.807, 2.05) is 6.08 Å². The van der Waals surface area contributed by atoms with E-state index >= 15 is 0 Å². The summed E-state index contributed by atoms with van der Waals surface area (Å²) in [5.74, 6) is -1.94. The molecule has 12 heteroatoms. The Kier molecular flexibility index (Phi) is 14.3. The molecule has 11 nitrogen and oxygen atoms in total. The van der Waals surface area contributed by atoms with Crippen LogP contribution in [0.4, 0.5) is 0 Å². The van der Waals surface area contributed by atoms with Crippen LogP contribution in [0.1, 0.15) is 91.9 Å². The summed E-state index contributed by atoms with van der Waals surface area (Å²) in [6.07, 6.45) is 5.43. The SMILES string of the molecule is CCC[CH2][Sn](/[CH]=C/c1cn([C@@H]2O[C@H](COC(C)=O)C(OC(C)=O)C2OC(C)=O)c(=O)[nH]c1=O)([CH2]CCC)[CH2]CCC. The van der Waals surface area contributed by atoms with Crippen LogP contribution in [0, 0.1) is 0 Å². The summed E-state index contributed by atoms with van der Waals surface area (Å²) in [4.78, 5) is 63.6. The molecule has 0 amide bonds. The molecule has 2 rings (SSSR count). The van der Waals surface area contributed by atoms with Crippen molar-refractivity contribution in [2.75, 3.05) is 6.61 Å². The van der Waals surface area contributed by atoms with Crippen LogP contribution < -0.4 is 11.2 Å². The first kappa shape index (κ1) is 34.8. The van der Waals surface area contributed by atoms with Crippen molar-refractivity contribution in [1.29, 1.82) is 0 Å². The summed E-state index contributed by atoms with van der Waals surface area (Å²) < 4.78 is 29.0. The number of hydrogen-bond acceptors (Lipinski definition) is 9. The second kappa shape index (κ2) is 16.9. The molecule has 2 unspecified atom stereocenters. The molecule has 1 aromatic rings. The molecule has 1 saturated heterocycles.